The Hall–Kier alpha value is -3.90. The number of carbonyl (C=O) groups is 4. The summed E-state index contributed by atoms with van der Waals surface area (Å²) in [4.78, 5) is 58.9. The second-order valence-electron chi connectivity index (χ2n) is 14.6. The minimum absolute atomic E-state index is 0.0439. The zero-order valence-corrected chi connectivity index (χ0v) is 27.8. The summed E-state index contributed by atoms with van der Waals surface area (Å²) >= 11 is 0. The second kappa shape index (κ2) is 12.0. The number of amides is 5. The fourth-order valence-electron chi connectivity index (χ4n) is 7.43. The predicted molar refractivity (Wildman–Crippen MR) is 179 cm³/mol. The van der Waals surface area contributed by atoms with Gasteiger partial charge in [0.15, 0.2) is 0 Å². The van der Waals surface area contributed by atoms with Crippen molar-refractivity contribution in [2.45, 2.75) is 83.6 Å². The van der Waals surface area contributed by atoms with E-state index in [-0.39, 0.29) is 24.3 Å². The predicted octanol–water partition coefficient (Wildman–Crippen LogP) is 3.30. The molecule has 2 aromatic carbocycles. The van der Waals surface area contributed by atoms with Gasteiger partial charge in [0.25, 0.3) is 5.91 Å². The standard InChI is InChI=1S/C35H44BN5O6/c1-34(2)35(3,4)47-36(46-34)25-7-5-8-27(19-25)40-16-6-15-39(33(40)45)21-23-13-17-38(18-14-23)26-10-9-24-22-41(32(44)28(24)20-26)29-11-12-30(42)37-31(29)43/h5,7-10,19-20,23,29H,6,11-18,21-22H2,1-4H3,(H,37,42,43). The molecule has 2 aromatic rings. The maximum absolute atomic E-state index is 13.7. The smallest absolute Gasteiger partial charge is 0.399 e. The first-order valence-electron chi connectivity index (χ1n) is 16.9. The van der Waals surface area contributed by atoms with Crippen molar-refractivity contribution in [3.05, 3.63) is 53.6 Å². The molecule has 1 N–H and O–H groups in total. The van der Waals surface area contributed by atoms with Crippen molar-refractivity contribution in [3.63, 3.8) is 0 Å². The molecule has 11 nitrogen and oxygen atoms in total. The number of nitrogens with zero attached hydrogens (tertiary/aromatic N) is 4. The van der Waals surface area contributed by atoms with Gasteiger partial charge < -0.3 is 24.0 Å². The van der Waals surface area contributed by atoms with E-state index in [0.29, 0.717) is 31.0 Å². The highest BCUT2D eigenvalue weighted by Crippen LogP contribution is 2.37. The van der Waals surface area contributed by atoms with Gasteiger partial charge in [-0.05, 0) is 94.6 Å². The normalized spacial score (nSPS) is 24.7. The minimum Gasteiger partial charge on any atom is -0.399 e. The number of anilines is 2. The monoisotopic (exact) mass is 641 g/mol. The summed E-state index contributed by atoms with van der Waals surface area (Å²) in [6.07, 6.45) is 3.41. The van der Waals surface area contributed by atoms with Crippen LogP contribution >= 0.6 is 0 Å². The highest BCUT2D eigenvalue weighted by atomic mass is 16.7. The van der Waals surface area contributed by atoms with E-state index >= 15 is 0 Å². The molecular weight excluding hydrogens is 597 g/mol. The van der Waals surface area contributed by atoms with Crippen LogP contribution in [0.15, 0.2) is 42.5 Å². The number of fused-ring (bicyclic) bond motifs is 1. The van der Waals surface area contributed by atoms with Crippen molar-refractivity contribution in [1.29, 1.82) is 0 Å². The molecule has 0 bridgehead atoms. The van der Waals surface area contributed by atoms with E-state index in [9.17, 15) is 19.2 Å². The van der Waals surface area contributed by atoms with E-state index in [0.717, 1.165) is 67.8 Å². The summed E-state index contributed by atoms with van der Waals surface area (Å²) in [6.45, 7) is 12.4. The Bertz CT molecular complexity index is 1590. The van der Waals surface area contributed by atoms with Crippen LogP contribution in [0.4, 0.5) is 16.2 Å². The topological polar surface area (TPSA) is 112 Å². The highest BCUT2D eigenvalue weighted by Gasteiger charge is 2.52. The molecule has 4 fully saturated rings. The summed E-state index contributed by atoms with van der Waals surface area (Å²) < 4.78 is 12.5. The Morgan fingerprint density at radius 3 is 2.34 bits per heavy atom. The van der Waals surface area contributed by atoms with E-state index in [4.69, 9.17) is 9.31 Å². The van der Waals surface area contributed by atoms with Crippen molar-refractivity contribution in [1.82, 2.24) is 15.1 Å². The Morgan fingerprint density at radius 1 is 0.872 bits per heavy atom. The third-order valence-electron chi connectivity index (χ3n) is 11.0. The van der Waals surface area contributed by atoms with Crippen molar-refractivity contribution >= 4 is 47.7 Å². The zero-order chi connectivity index (χ0) is 33.1. The number of carbonyl (C=O) groups excluding carboxylic acids is 4. The minimum atomic E-state index is -0.612. The Balaban J connectivity index is 0.952. The van der Waals surface area contributed by atoms with Crippen LogP contribution in [0.2, 0.25) is 0 Å². The van der Waals surface area contributed by atoms with E-state index in [1.54, 1.807) is 4.90 Å². The quantitative estimate of drug-likeness (QED) is 0.381. The lowest BCUT2D eigenvalue weighted by Gasteiger charge is -2.40. The number of hydrogen-bond donors (Lipinski definition) is 1. The average Bonchev–Trinajstić information content (AvgIpc) is 3.48. The molecule has 0 aromatic heterocycles. The lowest BCUT2D eigenvalue weighted by Crippen LogP contribution is -2.52. The summed E-state index contributed by atoms with van der Waals surface area (Å²) in [7, 11) is -0.478. The maximum atomic E-state index is 13.7. The van der Waals surface area contributed by atoms with E-state index in [1.165, 1.54) is 0 Å². The first-order chi connectivity index (χ1) is 22.4. The fourth-order valence-corrected chi connectivity index (χ4v) is 7.43. The van der Waals surface area contributed by atoms with E-state index < -0.39 is 30.3 Å². The van der Waals surface area contributed by atoms with Crippen molar-refractivity contribution in [2.24, 2.45) is 5.92 Å². The molecule has 7 rings (SSSR count). The molecule has 5 amide bonds. The SMILES string of the molecule is CC1(C)OB(c2cccc(N3CCCN(CC4CCN(c5ccc6c(c5)C(=O)N(C5CCC(=O)NC5=O)C6)CC4)C3=O)c2)OC1(C)C. The third-order valence-corrected chi connectivity index (χ3v) is 11.0. The molecule has 47 heavy (non-hydrogen) atoms. The van der Waals surface area contributed by atoms with Gasteiger partial charge >= 0.3 is 13.1 Å². The highest BCUT2D eigenvalue weighted by molar-refractivity contribution is 6.62. The molecule has 0 aliphatic carbocycles. The fraction of sp³-hybridized carbons (Fsp3) is 0.543. The van der Waals surface area contributed by atoms with Crippen LogP contribution in [0.1, 0.15) is 75.7 Å². The van der Waals surface area contributed by atoms with E-state index in [1.807, 2.05) is 73.9 Å². The van der Waals surface area contributed by atoms with Crippen LogP contribution in [0.25, 0.3) is 0 Å². The van der Waals surface area contributed by atoms with Crippen LogP contribution in [-0.2, 0) is 25.4 Å². The second-order valence-corrected chi connectivity index (χ2v) is 14.6. The number of hydrogen-bond acceptors (Lipinski definition) is 7. The van der Waals surface area contributed by atoms with Gasteiger partial charge in [-0.15, -0.1) is 0 Å². The molecule has 0 spiro atoms. The van der Waals surface area contributed by atoms with Gasteiger partial charge in [-0.2, -0.15) is 0 Å². The molecular formula is C35H44BN5O6. The van der Waals surface area contributed by atoms with Crippen molar-refractivity contribution in [3.8, 4) is 0 Å². The van der Waals surface area contributed by atoms with Crippen molar-refractivity contribution in [2.75, 3.05) is 42.5 Å². The Labute approximate surface area is 276 Å². The number of benzene rings is 2. The van der Waals surface area contributed by atoms with Crippen LogP contribution < -0.4 is 20.6 Å². The number of imide groups is 1. The summed E-state index contributed by atoms with van der Waals surface area (Å²) in [5, 5.41) is 2.36. The number of piperidine rings is 2. The van der Waals surface area contributed by atoms with Crippen LogP contribution in [0.5, 0.6) is 0 Å². The van der Waals surface area contributed by atoms with Gasteiger partial charge in [0.1, 0.15) is 6.04 Å². The molecule has 1 unspecified atom stereocenters. The summed E-state index contributed by atoms with van der Waals surface area (Å²) in [6, 6.07) is 13.4. The first kappa shape index (κ1) is 31.7. The molecule has 4 saturated heterocycles. The Kier molecular flexibility index (Phi) is 8.07. The van der Waals surface area contributed by atoms with Gasteiger partial charge in [-0.1, -0.05) is 18.2 Å². The van der Waals surface area contributed by atoms with E-state index in [2.05, 4.69) is 16.3 Å². The zero-order valence-electron chi connectivity index (χ0n) is 27.8. The lowest BCUT2D eigenvalue weighted by molar-refractivity contribution is -0.136. The largest absolute Gasteiger partial charge is 0.494 e. The number of nitrogens with one attached hydrogen (secondary N) is 1. The molecule has 5 aliphatic rings. The molecule has 0 saturated carbocycles. The first-order valence-corrected chi connectivity index (χ1v) is 16.9. The lowest BCUT2D eigenvalue weighted by atomic mass is 9.79. The summed E-state index contributed by atoms with van der Waals surface area (Å²) in [5.74, 6) is -0.437. The molecule has 248 valence electrons. The number of urea groups is 1. The molecule has 12 heteroatoms. The van der Waals surface area contributed by atoms with Gasteiger partial charge in [0.2, 0.25) is 11.8 Å². The molecule has 5 aliphatic heterocycles. The van der Waals surface area contributed by atoms with Crippen LogP contribution in [-0.4, -0.2) is 90.6 Å². The van der Waals surface area contributed by atoms with Gasteiger partial charge in [-0.25, -0.2) is 4.79 Å². The maximum Gasteiger partial charge on any atom is 0.494 e. The third kappa shape index (κ3) is 5.90. The Morgan fingerprint density at radius 2 is 1.62 bits per heavy atom. The van der Waals surface area contributed by atoms with Gasteiger partial charge in [0.05, 0.1) is 11.2 Å². The number of rotatable bonds is 6. The van der Waals surface area contributed by atoms with Crippen molar-refractivity contribution < 1.29 is 28.5 Å². The van der Waals surface area contributed by atoms with Crippen LogP contribution in [0, 0.1) is 5.92 Å². The van der Waals surface area contributed by atoms with Gasteiger partial charge in [-0.3, -0.25) is 24.6 Å². The molecule has 5 heterocycles. The summed E-state index contributed by atoms with van der Waals surface area (Å²) in [5.41, 5.74) is 3.46. The van der Waals surface area contributed by atoms with Gasteiger partial charge in [0, 0.05) is 62.6 Å². The molecule has 1 atom stereocenters. The average molecular weight is 642 g/mol. The molecule has 0 radical (unpaired) electrons. The van der Waals surface area contributed by atoms with Crippen LogP contribution in [0.3, 0.4) is 0 Å².